The van der Waals surface area contributed by atoms with Gasteiger partial charge in [0.15, 0.2) is 0 Å². The summed E-state index contributed by atoms with van der Waals surface area (Å²) in [5, 5.41) is 12.8. The summed E-state index contributed by atoms with van der Waals surface area (Å²) in [5.41, 5.74) is 1.13. The second kappa shape index (κ2) is 8.72. The fourth-order valence-corrected chi connectivity index (χ4v) is 1.64. The van der Waals surface area contributed by atoms with Crippen molar-refractivity contribution >= 4 is 0 Å². The molecule has 0 radical (unpaired) electrons. The van der Waals surface area contributed by atoms with Gasteiger partial charge in [0.1, 0.15) is 12.4 Å². The van der Waals surface area contributed by atoms with Gasteiger partial charge in [-0.1, -0.05) is 37.8 Å². The molecule has 0 aliphatic carbocycles. The molecule has 0 saturated heterocycles. The summed E-state index contributed by atoms with van der Waals surface area (Å²) in [6.45, 7) is 7.71. The average molecular weight is 249 g/mol. The van der Waals surface area contributed by atoms with Crippen molar-refractivity contribution in [2.24, 2.45) is 0 Å². The first-order chi connectivity index (χ1) is 8.77. The van der Waals surface area contributed by atoms with Gasteiger partial charge in [-0.05, 0) is 25.5 Å². The molecule has 100 valence electrons. The van der Waals surface area contributed by atoms with Gasteiger partial charge >= 0.3 is 0 Å². The minimum atomic E-state index is -0.204. The summed E-state index contributed by atoms with van der Waals surface area (Å²) in [6, 6.07) is 7.96. The van der Waals surface area contributed by atoms with Gasteiger partial charge < -0.3 is 15.2 Å². The lowest BCUT2D eigenvalue weighted by Gasteiger charge is -2.12. The highest BCUT2D eigenvalue weighted by molar-refractivity contribution is 5.33. The van der Waals surface area contributed by atoms with Gasteiger partial charge in [0.05, 0.1) is 6.10 Å². The van der Waals surface area contributed by atoms with Crippen LogP contribution in [0.25, 0.3) is 0 Å². The maximum absolute atomic E-state index is 9.45. The molecule has 1 aromatic rings. The molecule has 0 aliphatic rings. The molecule has 3 nitrogen and oxygen atoms in total. The van der Waals surface area contributed by atoms with E-state index in [9.17, 15) is 5.11 Å². The third-order valence-corrected chi connectivity index (χ3v) is 2.77. The van der Waals surface area contributed by atoms with Gasteiger partial charge in [-0.25, -0.2) is 0 Å². The lowest BCUT2D eigenvalue weighted by atomic mass is 10.2. The van der Waals surface area contributed by atoms with E-state index in [1.807, 2.05) is 31.2 Å². The van der Waals surface area contributed by atoms with Gasteiger partial charge in [0, 0.05) is 12.1 Å². The minimum Gasteiger partial charge on any atom is -0.489 e. The Kier molecular flexibility index (Phi) is 7.14. The fourth-order valence-electron chi connectivity index (χ4n) is 1.64. The molecule has 1 aromatic carbocycles. The first kappa shape index (κ1) is 14.7. The van der Waals surface area contributed by atoms with Crippen LogP contribution in [-0.2, 0) is 6.54 Å². The van der Waals surface area contributed by atoms with Crippen LogP contribution in [0.3, 0.4) is 0 Å². The number of benzene rings is 1. The summed E-state index contributed by atoms with van der Waals surface area (Å²) in [6.07, 6.45) is 3.12. The normalized spacial score (nSPS) is 12.1. The number of para-hydroxylation sites is 1. The lowest BCUT2D eigenvalue weighted by Crippen LogP contribution is -2.20. The molecule has 0 aliphatic heterocycles. The predicted octanol–water partition coefficient (Wildman–Crippen LogP) is 2.50. The van der Waals surface area contributed by atoms with Crippen molar-refractivity contribution in [1.29, 1.82) is 0 Å². The zero-order valence-corrected chi connectivity index (χ0v) is 11.1. The highest BCUT2D eigenvalue weighted by Gasteiger charge is 2.03. The van der Waals surface area contributed by atoms with Crippen LogP contribution in [0.1, 0.15) is 25.3 Å². The molecule has 3 heteroatoms. The predicted molar refractivity (Wildman–Crippen MR) is 74.8 cm³/mol. The number of hydrogen-bond donors (Lipinski definition) is 2. The molecule has 0 heterocycles. The Bertz CT molecular complexity index is 352. The van der Waals surface area contributed by atoms with Gasteiger partial charge in [0.25, 0.3) is 0 Å². The van der Waals surface area contributed by atoms with Crippen molar-refractivity contribution < 1.29 is 9.84 Å². The summed E-state index contributed by atoms with van der Waals surface area (Å²) < 4.78 is 5.58. The maximum Gasteiger partial charge on any atom is 0.124 e. The Morgan fingerprint density at radius 1 is 1.44 bits per heavy atom. The molecule has 0 bridgehead atoms. The van der Waals surface area contributed by atoms with Gasteiger partial charge in [-0.3, -0.25) is 0 Å². The molecule has 2 N–H and O–H groups in total. The van der Waals surface area contributed by atoms with Crippen LogP contribution in [0.15, 0.2) is 36.9 Å². The average Bonchev–Trinajstić information content (AvgIpc) is 2.42. The Morgan fingerprint density at radius 2 is 2.22 bits per heavy atom. The molecule has 0 aromatic heterocycles. The van der Waals surface area contributed by atoms with E-state index in [0.29, 0.717) is 6.61 Å². The molecule has 1 rings (SSSR count). The summed E-state index contributed by atoms with van der Waals surface area (Å²) in [4.78, 5) is 0. The largest absolute Gasteiger partial charge is 0.489 e. The Morgan fingerprint density at radius 3 is 2.94 bits per heavy atom. The highest BCUT2D eigenvalue weighted by atomic mass is 16.5. The monoisotopic (exact) mass is 249 g/mol. The summed E-state index contributed by atoms with van der Waals surface area (Å²) >= 11 is 0. The third kappa shape index (κ3) is 5.34. The van der Waals surface area contributed by atoms with E-state index in [0.717, 1.165) is 37.2 Å². The molecular formula is C15H23NO2. The standard InChI is InChI=1S/C15H23NO2/c1-3-11-18-15-8-6-5-7-13(15)12-16-10-9-14(17)4-2/h3,5-8,14,16-17H,1,4,9-12H2,2H3. The third-order valence-electron chi connectivity index (χ3n) is 2.77. The lowest BCUT2D eigenvalue weighted by molar-refractivity contribution is 0.159. The van der Waals surface area contributed by atoms with Crippen LogP contribution in [0, 0.1) is 0 Å². The molecule has 0 amide bonds. The van der Waals surface area contributed by atoms with E-state index in [4.69, 9.17) is 4.74 Å². The smallest absolute Gasteiger partial charge is 0.124 e. The second-order valence-electron chi connectivity index (χ2n) is 4.23. The molecule has 0 fully saturated rings. The highest BCUT2D eigenvalue weighted by Crippen LogP contribution is 2.17. The minimum absolute atomic E-state index is 0.204. The Hall–Kier alpha value is -1.32. The first-order valence-corrected chi connectivity index (χ1v) is 6.48. The number of rotatable bonds is 9. The van der Waals surface area contributed by atoms with E-state index in [1.54, 1.807) is 6.08 Å². The molecule has 0 saturated carbocycles. The first-order valence-electron chi connectivity index (χ1n) is 6.48. The second-order valence-corrected chi connectivity index (χ2v) is 4.23. The van der Waals surface area contributed by atoms with Crippen LogP contribution < -0.4 is 10.1 Å². The molecular weight excluding hydrogens is 226 g/mol. The maximum atomic E-state index is 9.45. The van der Waals surface area contributed by atoms with E-state index in [-0.39, 0.29) is 6.10 Å². The molecule has 1 atom stereocenters. The number of nitrogens with one attached hydrogen (secondary N) is 1. The van der Waals surface area contributed by atoms with Gasteiger partial charge in [-0.2, -0.15) is 0 Å². The van der Waals surface area contributed by atoms with Crippen molar-refractivity contribution in [2.45, 2.75) is 32.4 Å². The van der Waals surface area contributed by atoms with E-state index in [1.165, 1.54) is 0 Å². The summed E-state index contributed by atoms with van der Waals surface area (Å²) in [7, 11) is 0. The number of ether oxygens (including phenoxy) is 1. The van der Waals surface area contributed by atoms with Crippen molar-refractivity contribution in [2.75, 3.05) is 13.2 Å². The summed E-state index contributed by atoms with van der Waals surface area (Å²) in [5.74, 6) is 0.890. The zero-order chi connectivity index (χ0) is 13.2. The number of aliphatic hydroxyl groups is 1. The van der Waals surface area contributed by atoms with Crippen LogP contribution >= 0.6 is 0 Å². The van der Waals surface area contributed by atoms with Crippen molar-refractivity contribution in [3.8, 4) is 5.75 Å². The van der Waals surface area contributed by atoms with Crippen LogP contribution in [0.4, 0.5) is 0 Å². The molecule has 18 heavy (non-hydrogen) atoms. The van der Waals surface area contributed by atoms with E-state index < -0.39 is 0 Å². The van der Waals surface area contributed by atoms with Crippen molar-refractivity contribution in [3.05, 3.63) is 42.5 Å². The van der Waals surface area contributed by atoms with Crippen LogP contribution in [0.2, 0.25) is 0 Å². The van der Waals surface area contributed by atoms with Crippen LogP contribution in [0.5, 0.6) is 5.75 Å². The number of hydrogen-bond acceptors (Lipinski definition) is 3. The zero-order valence-electron chi connectivity index (χ0n) is 11.1. The van der Waals surface area contributed by atoms with Crippen molar-refractivity contribution in [3.63, 3.8) is 0 Å². The van der Waals surface area contributed by atoms with E-state index >= 15 is 0 Å². The SMILES string of the molecule is C=CCOc1ccccc1CNCCC(O)CC. The number of aliphatic hydroxyl groups excluding tert-OH is 1. The quantitative estimate of drug-likeness (QED) is 0.522. The van der Waals surface area contributed by atoms with Crippen molar-refractivity contribution in [1.82, 2.24) is 5.32 Å². The van der Waals surface area contributed by atoms with E-state index in [2.05, 4.69) is 11.9 Å². The van der Waals surface area contributed by atoms with Gasteiger partial charge in [0.2, 0.25) is 0 Å². The molecule has 0 spiro atoms. The molecule has 1 unspecified atom stereocenters. The van der Waals surface area contributed by atoms with Crippen LogP contribution in [-0.4, -0.2) is 24.4 Å². The van der Waals surface area contributed by atoms with Gasteiger partial charge in [-0.15, -0.1) is 0 Å². The topological polar surface area (TPSA) is 41.5 Å². The fraction of sp³-hybridized carbons (Fsp3) is 0.467. The Labute approximate surface area is 109 Å². The Balaban J connectivity index is 2.38.